The number of rotatable bonds is 6. The Morgan fingerprint density at radius 2 is 1.80 bits per heavy atom. The Morgan fingerprint density at radius 1 is 1.00 bits per heavy atom. The van der Waals surface area contributed by atoms with E-state index in [1.165, 1.54) is 4.90 Å². The van der Waals surface area contributed by atoms with Crippen molar-refractivity contribution in [3.05, 3.63) is 53.2 Å². The van der Waals surface area contributed by atoms with Crippen molar-refractivity contribution in [1.82, 2.24) is 14.8 Å². The van der Waals surface area contributed by atoms with Crippen LogP contribution in [0, 0.1) is 0 Å². The summed E-state index contributed by atoms with van der Waals surface area (Å²) in [4.78, 5) is 35.6. The smallest absolute Gasteiger partial charge is 0.267 e. The molecule has 30 heavy (non-hydrogen) atoms. The van der Waals surface area contributed by atoms with Crippen LogP contribution in [0.15, 0.2) is 42.6 Å². The SMILES string of the molecule is O=C1COc2cc(Cl)ccc2C(=O)N1CCCCN1CCN(c2ccccn2)CC1. The van der Waals surface area contributed by atoms with Gasteiger partial charge in [0.2, 0.25) is 0 Å². The Bertz CT molecular complexity index is 901. The summed E-state index contributed by atoms with van der Waals surface area (Å²) in [7, 11) is 0. The molecule has 2 aliphatic rings. The molecule has 8 heteroatoms. The van der Waals surface area contributed by atoms with Crippen molar-refractivity contribution < 1.29 is 14.3 Å². The molecule has 0 aliphatic carbocycles. The standard InChI is InChI=1S/C22H25ClN4O3/c23-17-6-7-18-19(15-17)30-16-21(28)27(22(18)29)10-4-3-9-25-11-13-26(14-12-25)20-5-1-2-8-24-20/h1-2,5-8,15H,3-4,9-14,16H2. The normalized spacial score (nSPS) is 17.5. The molecule has 2 aromatic rings. The first kappa shape index (κ1) is 20.6. The highest BCUT2D eigenvalue weighted by atomic mass is 35.5. The monoisotopic (exact) mass is 428 g/mol. The number of anilines is 1. The van der Waals surface area contributed by atoms with Crippen molar-refractivity contribution in [3.8, 4) is 5.75 Å². The zero-order chi connectivity index (χ0) is 20.9. The number of piperazine rings is 1. The minimum absolute atomic E-state index is 0.144. The summed E-state index contributed by atoms with van der Waals surface area (Å²) in [6.07, 6.45) is 3.51. The summed E-state index contributed by atoms with van der Waals surface area (Å²) in [5.74, 6) is 0.776. The van der Waals surface area contributed by atoms with Gasteiger partial charge in [-0.3, -0.25) is 19.4 Å². The van der Waals surface area contributed by atoms with Gasteiger partial charge in [0.1, 0.15) is 11.6 Å². The highest BCUT2D eigenvalue weighted by molar-refractivity contribution is 6.31. The Kier molecular flexibility index (Phi) is 6.50. The molecule has 1 fully saturated rings. The van der Waals surface area contributed by atoms with Crippen molar-refractivity contribution in [2.24, 2.45) is 0 Å². The number of halogens is 1. The van der Waals surface area contributed by atoms with Crippen LogP contribution < -0.4 is 9.64 Å². The zero-order valence-electron chi connectivity index (χ0n) is 16.8. The number of imide groups is 1. The molecule has 0 atom stereocenters. The van der Waals surface area contributed by atoms with Crippen molar-refractivity contribution in [2.75, 3.05) is 50.8 Å². The fourth-order valence-corrected chi connectivity index (χ4v) is 4.00. The fraction of sp³-hybridized carbons (Fsp3) is 0.409. The molecular weight excluding hydrogens is 404 g/mol. The van der Waals surface area contributed by atoms with E-state index >= 15 is 0 Å². The number of unbranched alkanes of at least 4 members (excludes halogenated alkanes) is 1. The number of nitrogens with zero attached hydrogens (tertiary/aromatic N) is 4. The third-order valence-corrected chi connectivity index (χ3v) is 5.76. The Labute approximate surface area is 181 Å². The van der Waals surface area contributed by atoms with Crippen molar-refractivity contribution >= 4 is 29.2 Å². The van der Waals surface area contributed by atoms with Crippen LogP contribution >= 0.6 is 11.6 Å². The predicted molar refractivity (Wildman–Crippen MR) is 115 cm³/mol. The first-order valence-corrected chi connectivity index (χ1v) is 10.6. The summed E-state index contributed by atoms with van der Waals surface area (Å²) in [6.45, 7) is 5.09. The molecule has 2 aliphatic heterocycles. The number of amides is 2. The lowest BCUT2D eigenvalue weighted by atomic mass is 10.1. The third kappa shape index (κ3) is 4.74. The largest absolute Gasteiger partial charge is 0.483 e. The number of carbonyl (C=O) groups is 2. The second kappa shape index (κ2) is 9.45. The van der Waals surface area contributed by atoms with Crippen LogP contribution in [-0.2, 0) is 4.79 Å². The van der Waals surface area contributed by atoms with Crippen LogP contribution in [0.25, 0.3) is 0 Å². The molecule has 1 aromatic heterocycles. The van der Waals surface area contributed by atoms with Gasteiger partial charge in [-0.25, -0.2) is 4.98 Å². The Morgan fingerprint density at radius 3 is 2.57 bits per heavy atom. The van der Waals surface area contributed by atoms with Crippen molar-refractivity contribution in [3.63, 3.8) is 0 Å². The molecule has 1 aromatic carbocycles. The van der Waals surface area contributed by atoms with Crippen LogP contribution in [0.1, 0.15) is 23.2 Å². The second-order valence-corrected chi connectivity index (χ2v) is 7.94. The molecule has 0 N–H and O–H groups in total. The van der Waals surface area contributed by atoms with Gasteiger partial charge in [0.25, 0.3) is 11.8 Å². The molecule has 3 heterocycles. The lowest BCUT2D eigenvalue weighted by Gasteiger charge is -2.35. The molecule has 4 rings (SSSR count). The van der Waals surface area contributed by atoms with Gasteiger partial charge in [0.05, 0.1) is 5.56 Å². The summed E-state index contributed by atoms with van der Waals surface area (Å²) in [6, 6.07) is 10.8. The molecule has 0 spiro atoms. The predicted octanol–water partition coefficient (Wildman–Crippen LogP) is 2.70. The minimum atomic E-state index is -0.312. The van der Waals surface area contributed by atoms with Gasteiger partial charge in [-0.2, -0.15) is 0 Å². The van der Waals surface area contributed by atoms with Gasteiger partial charge in [-0.15, -0.1) is 0 Å². The van der Waals surface area contributed by atoms with E-state index in [9.17, 15) is 9.59 Å². The fourth-order valence-electron chi connectivity index (χ4n) is 3.84. The molecule has 0 bridgehead atoms. The van der Waals surface area contributed by atoms with Gasteiger partial charge < -0.3 is 9.64 Å². The van der Waals surface area contributed by atoms with Crippen molar-refractivity contribution in [1.29, 1.82) is 0 Å². The molecule has 0 saturated carbocycles. The lowest BCUT2D eigenvalue weighted by molar-refractivity contribution is -0.130. The number of pyridine rings is 1. The molecule has 0 radical (unpaired) electrons. The van der Waals surface area contributed by atoms with E-state index in [0.717, 1.165) is 51.4 Å². The average molecular weight is 429 g/mol. The van der Waals surface area contributed by atoms with Crippen LogP contribution in [0.5, 0.6) is 5.75 Å². The van der Waals surface area contributed by atoms with Gasteiger partial charge in [0, 0.05) is 43.9 Å². The van der Waals surface area contributed by atoms with E-state index in [0.29, 0.717) is 22.9 Å². The number of aromatic nitrogens is 1. The number of fused-ring (bicyclic) bond motifs is 1. The highest BCUT2D eigenvalue weighted by Gasteiger charge is 2.29. The van der Waals surface area contributed by atoms with Gasteiger partial charge in [-0.1, -0.05) is 17.7 Å². The van der Waals surface area contributed by atoms with E-state index in [1.807, 2.05) is 24.4 Å². The Hall–Kier alpha value is -2.64. The molecule has 1 saturated heterocycles. The van der Waals surface area contributed by atoms with Gasteiger partial charge in [-0.05, 0) is 49.7 Å². The third-order valence-electron chi connectivity index (χ3n) is 5.52. The quantitative estimate of drug-likeness (QED) is 0.520. The van der Waals surface area contributed by atoms with Crippen LogP contribution in [0.4, 0.5) is 5.82 Å². The number of benzene rings is 1. The first-order chi connectivity index (χ1) is 14.6. The van der Waals surface area contributed by atoms with Crippen LogP contribution in [0.2, 0.25) is 5.02 Å². The van der Waals surface area contributed by atoms with E-state index in [1.54, 1.807) is 18.2 Å². The highest BCUT2D eigenvalue weighted by Crippen LogP contribution is 2.27. The topological polar surface area (TPSA) is 66.0 Å². The first-order valence-electron chi connectivity index (χ1n) is 10.3. The second-order valence-electron chi connectivity index (χ2n) is 7.50. The summed E-state index contributed by atoms with van der Waals surface area (Å²) in [5, 5.41) is 0.477. The number of hydrogen-bond acceptors (Lipinski definition) is 6. The molecule has 0 unspecified atom stereocenters. The summed E-state index contributed by atoms with van der Waals surface area (Å²) in [5.41, 5.74) is 0.385. The van der Waals surface area contributed by atoms with Gasteiger partial charge >= 0.3 is 0 Å². The zero-order valence-corrected chi connectivity index (χ0v) is 17.6. The van der Waals surface area contributed by atoms with E-state index in [2.05, 4.69) is 14.8 Å². The maximum Gasteiger partial charge on any atom is 0.267 e. The van der Waals surface area contributed by atoms with E-state index in [-0.39, 0.29) is 18.4 Å². The summed E-state index contributed by atoms with van der Waals surface area (Å²) >= 11 is 5.97. The number of ether oxygens (including phenoxy) is 1. The maximum atomic E-state index is 12.8. The molecule has 7 nitrogen and oxygen atoms in total. The molecular formula is C22H25ClN4O3. The molecule has 158 valence electrons. The van der Waals surface area contributed by atoms with Crippen LogP contribution in [-0.4, -0.2) is 72.5 Å². The maximum absolute atomic E-state index is 12.8. The minimum Gasteiger partial charge on any atom is -0.483 e. The lowest BCUT2D eigenvalue weighted by Crippen LogP contribution is -2.47. The van der Waals surface area contributed by atoms with E-state index in [4.69, 9.17) is 16.3 Å². The van der Waals surface area contributed by atoms with Crippen molar-refractivity contribution in [2.45, 2.75) is 12.8 Å². The number of hydrogen-bond donors (Lipinski definition) is 0. The number of carbonyl (C=O) groups excluding carboxylic acids is 2. The summed E-state index contributed by atoms with van der Waals surface area (Å²) < 4.78 is 5.48. The molecule has 2 amide bonds. The van der Waals surface area contributed by atoms with Gasteiger partial charge in [0.15, 0.2) is 6.61 Å². The van der Waals surface area contributed by atoms with E-state index < -0.39 is 0 Å². The average Bonchev–Trinajstić information content (AvgIpc) is 2.89. The van der Waals surface area contributed by atoms with Crippen LogP contribution in [0.3, 0.4) is 0 Å². The Balaban J connectivity index is 1.24.